The van der Waals surface area contributed by atoms with Crippen molar-refractivity contribution in [2.24, 2.45) is 5.92 Å². The van der Waals surface area contributed by atoms with Crippen LogP contribution in [0.3, 0.4) is 0 Å². The number of halogens is 7. The summed E-state index contributed by atoms with van der Waals surface area (Å²) in [7, 11) is 0. The Morgan fingerprint density at radius 2 is 1.45 bits per heavy atom. The normalized spacial score (nSPS) is 15.4. The molecule has 0 aliphatic carbocycles. The number of hydrogen-bond acceptors (Lipinski definition) is 2. The van der Waals surface area contributed by atoms with E-state index in [0.29, 0.717) is 25.0 Å². The summed E-state index contributed by atoms with van der Waals surface area (Å²) in [5.74, 6) is -2.32. The van der Waals surface area contributed by atoms with Crippen molar-refractivity contribution in [3.05, 3.63) is 70.5 Å². The molecule has 178 valence electrons. The number of alkyl halides is 6. The van der Waals surface area contributed by atoms with Gasteiger partial charge < -0.3 is 10.2 Å². The molecular weight excluding hydrogens is 457 g/mol. The van der Waals surface area contributed by atoms with Crippen LogP contribution < -0.4 is 5.32 Å². The minimum absolute atomic E-state index is 0.0121. The number of carbonyl (C=O) groups is 2. The molecule has 33 heavy (non-hydrogen) atoms. The quantitative estimate of drug-likeness (QED) is 0.621. The Labute approximate surface area is 184 Å². The summed E-state index contributed by atoms with van der Waals surface area (Å²) in [5.41, 5.74) is -3.94. The van der Waals surface area contributed by atoms with Gasteiger partial charge in [0, 0.05) is 25.2 Å². The van der Waals surface area contributed by atoms with Gasteiger partial charge in [0.1, 0.15) is 5.82 Å². The Morgan fingerprint density at radius 1 is 0.909 bits per heavy atom. The van der Waals surface area contributed by atoms with Crippen LogP contribution in [0, 0.1) is 11.7 Å². The molecule has 0 radical (unpaired) electrons. The second kappa shape index (κ2) is 9.40. The third kappa shape index (κ3) is 6.02. The zero-order chi connectivity index (χ0) is 24.4. The Morgan fingerprint density at radius 3 is 1.97 bits per heavy atom. The number of nitrogens with one attached hydrogen (secondary N) is 1. The first-order chi connectivity index (χ1) is 15.4. The van der Waals surface area contributed by atoms with Crippen molar-refractivity contribution >= 4 is 11.8 Å². The van der Waals surface area contributed by atoms with Gasteiger partial charge in [0.2, 0.25) is 0 Å². The zero-order valence-electron chi connectivity index (χ0n) is 17.1. The first kappa shape index (κ1) is 24.5. The first-order valence-corrected chi connectivity index (χ1v) is 9.97. The third-order valence-electron chi connectivity index (χ3n) is 5.41. The molecule has 0 spiro atoms. The van der Waals surface area contributed by atoms with E-state index >= 15 is 0 Å². The van der Waals surface area contributed by atoms with Crippen molar-refractivity contribution in [3.8, 4) is 0 Å². The molecule has 11 heteroatoms. The van der Waals surface area contributed by atoms with Crippen molar-refractivity contribution in [1.82, 2.24) is 10.2 Å². The minimum atomic E-state index is -5.05. The van der Waals surface area contributed by atoms with E-state index in [1.165, 1.54) is 29.2 Å². The number of piperidine rings is 1. The van der Waals surface area contributed by atoms with Gasteiger partial charge in [0.05, 0.1) is 16.7 Å². The molecule has 2 aromatic rings. The van der Waals surface area contributed by atoms with Gasteiger partial charge in [0.25, 0.3) is 11.8 Å². The van der Waals surface area contributed by atoms with Gasteiger partial charge in [-0.05, 0) is 49.1 Å². The second-order valence-electron chi connectivity index (χ2n) is 7.72. The summed E-state index contributed by atoms with van der Waals surface area (Å²) in [6.07, 6.45) is -9.24. The Balaban J connectivity index is 1.61. The summed E-state index contributed by atoms with van der Waals surface area (Å²) in [5, 5.41) is 2.37. The van der Waals surface area contributed by atoms with Gasteiger partial charge in [-0.2, -0.15) is 26.3 Å². The van der Waals surface area contributed by atoms with Gasteiger partial charge in [-0.25, -0.2) is 4.39 Å². The van der Waals surface area contributed by atoms with Crippen molar-refractivity contribution in [2.45, 2.75) is 25.2 Å². The maximum atomic E-state index is 13.8. The van der Waals surface area contributed by atoms with Crippen LogP contribution in [0.4, 0.5) is 30.7 Å². The van der Waals surface area contributed by atoms with E-state index in [9.17, 15) is 40.3 Å². The maximum Gasteiger partial charge on any atom is 0.416 e. The van der Waals surface area contributed by atoms with Crippen LogP contribution in [-0.2, 0) is 12.4 Å². The highest BCUT2D eigenvalue weighted by Gasteiger charge is 2.37. The van der Waals surface area contributed by atoms with Crippen LogP contribution >= 0.6 is 0 Å². The molecule has 1 aliphatic rings. The van der Waals surface area contributed by atoms with Gasteiger partial charge in [0.15, 0.2) is 0 Å². The van der Waals surface area contributed by atoms with Crippen LogP contribution in [0.15, 0.2) is 42.5 Å². The number of nitrogens with zero attached hydrogens (tertiary/aromatic N) is 1. The molecule has 0 saturated carbocycles. The van der Waals surface area contributed by atoms with E-state index in [1.807, 2.05) is 0 Å². The summed E-state index contributed by atoms with van der Waals surface area (Å²) in [6.45, 7) is 0.559. The zero-order valence-corrected chi connectivity index (χ0v) is 17.1. The van der Waals surface area contributed by atoms with Gasteiger partial charge in [-0.1, -0.05) is 12.1 Å². The van der Waals surface area contributed by atoms with E-state index in [-0.39, 0.29) is 37.2 Å². The fraction of sp³-hybridized carbons (Fsp3) is 0.364. The second-order valence-corrected chi connectivity index (χ2v) is 7.72. The summed E-state index contributed by atoms with van der Waals surface area (Å²) in [4.78, 5) is 26.2. The number of benzene rings is 2. The summed E-state index contributed by atoms with van der Waals surface area (Å²) in [6, 6.07) is 6.25. The Kier molecular flexibility index (Phi) is 6.99. The molecule has 4 nitrogen and oxygen atoms in total. The van der Waals surface area contributed by atoms with E-state index < -0.39 is 46.7 Å². The minimum Gasteiger partial charge on any atom is -0.352 e. The monoisotopic (exact) mass is 476 g/mol. The fourth-order valence-corrected chi connectivity index (χ4v) is 3.57. The molecule has 0 atom stereocenters. The summed E-state index contributed by atoms with van der Waals surface area (Å²) >= 11 is 0. The third-order valence-corrected chi connectivity index (χ3v) is 5.41. The number of amides is 2. The van der Waals surface area contributed by atoms with Crippen LogP contribution in [0.25, 0.3) is 0 Å². The van der Waals surface area contributed by atoms with E-state index in [2.05, 4.69) is 5.32 Å². The standard InChI is InChI=1S/C22H19F7N2O2/c23-18-4-2-1-3-17(18)20(33)31-7-5-13(6-8-31)12-30-19(32)14-9-15(21(24,25)26)11-16(10-14)22(27,28)29/h1-4,9-11,13H,5-8,12H2,(H,30,32). The van der Waals surface area contributed by atoms with E-state index in [0.717, 1.165) is 0 Å². The molecule has 0 bridgehead atoms. The highest BCUT2D eigenvalue weighted by molar-refractivity contribution is 5.95. The summed E-state index contributed by atoms with van der Waals surface area (Å²) < 4.78 is 91.6. The number of hydrogen-bond donors (Lipinski definition) is 1. The molecular formula is C22H19F7N2O2. The van der Waals surface area contributed by atoms with Gasteiger partial charge in [-0.3, -0.25) is 9.59 Å². The average molecular weight is 476 g/mol. The lowest BCUT2D eigenvalue weighted by atomic mass is 9.96. The molecule has 3 rings (SSSR count). The molecule has 1 heterocycles. The lowest BCUT2D eigenvalue weighted by Crippen LogP contribution is -2.41. The molecule has 2 aromatic carbocycles. The molecule has 0 aromatic heterocycles. The average Bonchev–Trinajstić information content (AvgIpc) is 2.76. The largest absolute Gasteiger partial charge is 0.416 e. The van der Waals surface area contributed by atoms with E-state index in [1.54, 1.807) is 0 Å². The Bertz CT molecular complexity index is 994. The Hall–Kier alpha value is -3.11. The van der Waals surface area contributed by atoms with Crippen LogP contribution in [-0.4, -0.2) is 36.3 Å². The van der Waals surface area contributed by atoms with Crippen LogP contribution in [0.1, 0.15) is 44.7 Å². The highest BCUT2D eigenvalue weighted by atomic mass is 19.4. The van der Waals surface area contributed by atoms with Crippen molar-refractivity contribution in [3.63, 3.8) is 0 Å². The van der Waals surface area contributed by atoms with Crippen molar-refractivity contribution in [2.75, 3.05) is 19.6 Å². The number of rotatable bonds is 4. The van der Waals surface area contributed by atoms with Crippen LogP contribution in [0.2, 0.25) is 0 Å². The molecule has 1 fully saturated rings. The number of carbonyl (C=O) groups excluding carboxylic acids is 2. The molecule has 1 N–H and O–H groups in total. The van der Waals surface area contributed by atoms with Crippen molar-refractivity contribution in [1.29, 1.82) is 0 Å². The lowest BCUT2D eigenvalue weighted by molar-refractivity contribution is -0.143. The highest BCUT2D eigenvalue weighted by Crippen LogP contribution is 2.36. The van der Waals surface area contributed by atoms with Gasteiger partial charge >= 0.3 is 12.4 Å². The molecule has 2 amide bonds. The molecule has 0 unspecified atom stereocenters. The SMILES string of the molecule is O=C(NCC1CCN(C(=O)c2ccccc2F)CC1)c1cc(C(F)(F)F)cc(C(F)(F)F)c1. The van der Waals surface area contributed by atoms with Crippen molar-refractivity contribution < 1.29 is 40.3 Å². The van der Waals surface area contributed by atoms with E-state index in [4.69, 9.17) is 0 Å². The molecule has 1 saturated heterocycles. The smallest absolute Gasteiger partial charge is 0.352 e. The molecule has 1 aliphatic heterocycles. The van der Waals surface area contributed by atoms with Crippen LogP contribution in [0.5, 0.6) is 0 Å². The predicted octanol–water partition coefficient (Wildman–Crippen LogP) is 5.15. The lowest BCUT2D eigenvalue weighted by Gasteiger charge is -2.32. The number of likely N-dealkylation sites (tertiary alicyclic amines) is 1. The predicted molar refractivity (Wildman–Crippen MR) is 104 cm³/mol. The topological polar surface area (TPSA) is 49.4 Å². The maximum absolute atomic E-state index is 13.8. The van der Waals surface area contributed by atoms with Gasteiger partial charge in [-0.15, -0.1) is 0 Å². The fourth-order valence-electron chi connectivity index (χ4n) is 3.57. The first-order valence-electron chi connectivity index (χ1n) is 9.97.